The zero-order valence-corrected chi connectivity index (χ0v) is 16.5. The van der Waals surface area contributed by atoms with Crippen LogP contribution in [0, 0.1) is 0 Å². The third-order valence-corrected chi connectivity index (χ3v) is 4.83. The largest absolute Gasteiger partial charge is 0.507 e. The zero-order valence-electron chi connectivity index (χ0n) is 14.9. The summed E-state index contributed by atoms with van der Waals surface area (Å²) < 4.78 is 3.01. The Morgan fingerprint density at radius 1 is 1.35 bits per heavy atom. The van der Waals surface area contributed by atoms with Gasteiger partial charge in [-0.3, -0.25) is 0 Å². The van der Waals surface area contributed by atoms with Crippen molar-refractivity contribution < 1.29 is 5.11 Å². The highest BCUT2D eigenvalue weighted by Gasteiger charge is 2.17. The molecule has 0 atom stereocenters. The van der Waals surface area contributed by atoms with E-state index >= 15 is 0 Å². The Bertz CT molecular complexity index is 954. The molecule has 1 aliphatic rings. The van der Waals surface area contributed by atoms with Crippen LogP contribution in [0.4, 0.5) is 0 Å². The highest BCUT2D eigenvalue weighted by molar-refractivity contribution is 9.10. The lowest BCUT2D eigenvalue weighted by Crippen LogP contribution is -2.05. The predicted molar refractivity (Wildman–Crippen MR) is 115 cm³/mol. The van der Waals surface area contributed by atoms with Gasteiger partial charge in [0.2, 0.25) is 7.98 Å². The summed E-state index contributed by atoms with van der Waals surface area (Å²) in [6, 6.07) is 9.47. The number of aromatic hydroxyl groups is 1. The first kappa shape index (κ1) is 18.5. The molecule has 0 aliphatic carbocycles. The van der Waals surface area contributed by atoms with Gasteiger partial charge < -0.3 is 15.3 Å². The number of hydrogen-bond donors (Lipinski definition) is 2. The fourth-order valence-corrected chi connectivity index (χ4v) is 3.43. The minimum atomic E-state index is 0.243. The van der Waals surface area contributed by atoms with Crippen molar-refractivity contribution in [1.82, 2.24) is 4.48 Å². The molecular formula is C20H21BBrN3O. The van der Waals surface area contributed by atoms with Gasteiger partial charge in [0.15, 0.2) is 0 Å². The van der Waals surface area contributed by atoms with Crippen LogP contribution in [0.1, 0.15) is 24.6 Å². The first-order valence-electron chi connectivity index (χ1n) is 8.48. The maximum atomic E-state index is 9.97. The van der Waals surface area contributed by atoms with Crippen molar-refractivity contribution in [2.45, 2.75) is 13.3 Å². The van der Waals surface area contributed by atoms with Crippen molar-refractivity contribution in [3.8, 4) is 5.75 Å². The molecule has 0 saturated carbocycles. The molecule has 0 radical (unpaired) electrons. The van der Waals surface area contributed by atoms with Crippen molar-refractivity contribution in [2.24, 2.45) is 10.7 Å². The molecule has 2 aromatic rings. The van der Waals surface area contributed by atoms with Crippen molar-refractivity contribution >= 4 is 41.3 Å². The standard InChI is InChI=1S/C20H21BBrN3O/c1-13-11-16(6-4-14-12-15(22)5-7-19(14)26)24-20(13)17(8-9-23)18-3-2-10-25(18)21/h2-7,10-12,26H,8-9,21,23H2,1H3/b6-4+,20-17-. The number of hydrogen-bond acceptors (Lipinski definition) is 3. The van der Waals surface area contributed by atoms with E-state index in [2.05, 4.69) is 39.5 Å². The van der Waals surface area contributed by atoms with E-state index in [0.717, 1.165) is 44.7 Å². The molecule has 6 heteroatoms. The number of benzene rings is 1. The number of phenols is 1. The molecule has 2 heterocycles. The third kappa shape index (κ3) is 3.92. The summed E-state index contributed by atoms with van der Waals surface area (Å²) in [4.78, 5) is 4.81. The molecular weight excluding hydrogens is 389 g/mol. The van der Waals surface area contributed by atoms with Crippen molar-refractivity contribution in [1.29, 1.82) is 0 Å². The van der Waals surface area contributed by atoms with E-state index in [1.165, 1.54) is 0 Å². The van der Waals surface area contributed by atoms with Gasteiger partial charge in [-0.15, -0.1) is 0 Å². The number of nitrogens with two attached hydrogens (primary N) is 1. The lowest BCUT2D eigenvalue weighted by atomic mass is 10.0. The Hall–Kier alpha value is -2.31. The van der Waals surface area contributed by atoms with Crippen LogP contribution in [0.5, 0.6) is 5.75 Å². The van der Waals surface area contributed by atoms with Crippen LogP contribution in [0.25, 0.3) is 11.6 Å². The van der Waals surface area contributed by atoms with Crippen molar-refractivity contribution in [2.75, 3.05) is 6.54 Å². The summed E-state index contributed by atoms with van der Waals surface area (Å²) in [6.45, 7) is 2.64. The van der Waals surface area contributed by atoms with E-state index in [0.29, 0.717) is 6.54 Å². The number of allylic oxidation sites excluding steroid dienone is 3. The number of aliphatic imine (C=N–C) groups is 1. The van der Waals surface area contributed by atoms with Gasteiger partial charge >= 0.3 is 0 Å². The first-order valence-corrected chi connectivity index (χ1v) is 9.28. The van der Waals surface area contributed by atoms with E-state index in [9.17, 15) is 5.11 Å². The quantitative estimate of drug-likeness (QED) is 0.742. The maximum absolute atomic E-state index is 9.97. The van der Waals surface area contributed by atoms with Crippen LogP contribution < -0.4 is 5.73 Å². The smallest absolute Gasteiger partial charge is 0.223 e. The number of halogens is 1. The molecule has 1 aliphatic heterocycles. The van der Waals surface area contributed by atoms with Crippen LogP contribution >= 0.6 is 15.9 Å². The SMILES string of the molecule is Bn1cccc1/C(CCN)=C1N=C(/C=C/c2cc(Br)ccc2O)C=C\1C. The van der Waals surface area contributed by atoms with Crippen LogP contribution in [0.2, 0.25) is 0 Å². The van der Waals surface area contributed by atoms with Gasteiger partial charge in [-0.1, -0.05) is 15.9 Å². The molecule has 26 heavy (non-hydrogen) atoms. The molecule has 0 saturated heterocycles. The normalized spacial score (nSPS) is 16.1. The molecule has 0 bridgehead atoms. The Morgan fingerprint density at radius 3 is 2.85 bits per heavy atom. The predicted octanol–water partition coefficient (Wildman–Crippen LogP) is 3.53. The van der Waals surface area contributed by atoms with E-state index in [1.807, 2.05) is 44.5 Å². The van der Waals surface area contributed by atoms with Crippen LogP contribution in [0.15, 0.2) is 69.4 Å². The van der Waals surface area contributed by atoms with Gasteiger partial charge in [0.1, 0.15) is 5.75 Å². The second-order valence-corrected chi connectivity index (χ2v) is 7.19. The minimum Gasteiger partial charge on any atom is -0.507 e. The van der Waals surface area contributed by atoms with Crippen molar-refractivity contribution in [3.63, 3.8) is 0 Å². The topological polar surface area (TPSA) is 63.5 Å². The molecule has 0 unspecified atom stereocenters. The fraction of sp³-hybridized carbons (Fsp3) is 0.150. The third-order valence-electron chi connectivity index (χ3n) is 4.34. The summed E-state index contributed by atoms with van der Waals surface area (Å²) in [7, 11) is 2.03. The first-order chi connectivity index (χ1) is 12.5. The van der Waals surface area contributed by atoms with Crippen LogP contribution in [-0.2, 0) is 0 Å². The molecule has 3 N–H and O–H groups in total. The number of aromatic nitrogens is 1. The molecule has 1 aromatic carbocycles. The Balaban J connectivity index is 1.97. The van der Waals surface area contributed by atoms with E-state index < -0.39 is 0 Å². The fourth-order valence-electron chi connectivity index (χ4n) is 3.05. The second kappa shape index (κ2) is 7.93. The Labute approximate surface area is 163 Å². The average molecular weight is 410 g/mol. The molecule has 4 nitrogen and oxygen atoms in total. The summed E-state index contributed by atoms with van der Waals surface area (Å²) >= 11 is 3.43. The summed E-state index contributed by atoms with van der Waals surface area (Å²) in [5, 5.41) is 9.97. The van der Waals surface area contributed by atoms with E-state index in [-0.39, 0.29) is 5.75 Å². The number of nitrogens with zero attached hydrogens (tertiary/aromatic N) is 2. The van der Waals surface area contributed by atoms with E-state index in [4.69, 9.17) is 10.7 Å². The molecule has 132 valence electrons. The minimum absolute atomic E-state index is 0.243. The monoisotopic (exact) mass is 409 g/mol. The summed E-state index contributed by atoms with van der Waals surface area (Å²) in [5.74, 6) is 0.243. The summed E-state index contributed by atoms with van der Waals surface area (Å²) in [5.41, 5.74) is 11.8. The van der Waals surface area contributed by atoms with Gasteiger partial charge in [0.25, 0.3) is 0 Å². The zero-order chi connectivity index (χ0) is 18.7. The van der Waals surface area contributed by atoms with Gasteiger partial charge in [-0.25, -0.2) is 4.99 Å². The molecule has 0 amide bonds. The van der Waals surface area contributed by atoms with Gasteiger partial charge in [-0.2, -0.15) is 0 Å². The Kier molecular flexibility index (Phi) is 5.64. The Morgan fingerprint density at radius 2 is 2.15 bits per heavy atom. The van der Waals surface area contributed by atoms with Crippen molar-refractivity contribution in [3.05, 3.63) is 75.7 Å². The van der Waals surface area contributed by atoms with Gasteiger partial charge in [0, 0.05) is 21.3 Å². The van der Waals surface area contributed by atoms with Gasteiger partial charge in [-0.05, 0) is 80.2 Å². The van der Waals surface area contributed by atoms with E-state index in [1.54, 1.807) is 6.07 Å². The maximum Gasteiger partial charge on any atom is 0.223 e. The number of rotatable bonds is 5. The molecule has 3 rings (SSSR count). The highest BCUT2D eigenvalue weighted by Crippen LogP contribution is 2.31. The lowest BCUT2D eigenvalue weighted by Gasteiger charge is -2.11. The highest BCUT2D eigenvalue weighted by atomic mass is 79.9. The lowest BCUT2D eigenvalue weighted by molar-refractivity contribution is 0.474. The summed E-state index contributed by atoms with van der Waals surface area (Å²) in [6.07, 6.45) is 8.65. The average Bonchev–Trinajstić information content (AvgIpc) is 3.19. The number of phenolic OH excluding ortho intramolecular Hbond substituents is 1. The molecule has 0 fully saturated rings. The van der Waals surface area contributed by atoms with Crippen LogP contribution in [-0.4, -0.2) is 29.8 Å². The molecule has 1 aromatic heterocycles. The van der Waals surface area contributed by atoms with Gasteiger partial charge in [0.05, 0.1) is 11.4 Å². The van der Waals surface area contributed by atoms with Crippen LogP contribution in [0.3, 0.4) is 0 Å². The second-order valence-electron chi connectivity index (χ2n) is 6.27. The molecule has 0 spiro atoms.